The molecule has 0 unspecified atom stereocenters. The van der Waals surface area contributed by atoms with E-state index in [4.69, 9.17) is 9.97 Å². The van der Waals surface area contributed by atoms with Crippen molar-refractivity contribution in [3.63, 3.8) is 0 Å². The van der Waals surface area contributed by atoms with E-state index >= 15 is 0 Å². The maximum Gasteiger partial charge on any atom is 0.262 e. The van der Waals surface area contributed by atoms with Gasteiger partial charge in [-0.1, -0.05) is 42.1 Å². The predicted octanol–water partition coefficient (Wildman–Crippen LogP) is 5.22. The summed E-state index contributed by atoms with van der Waals surface area (Å²) >= 11 is 4.60. The quantitative estimate of drug-likeness (QED) is 0.269. The molecule has 5 aromatic rings. The largest absolute Gasteiger partial charge is 0.309 e. The highest BCUT2D eigenvalue weighted by atomic mass is 32.2. The second-order valence-corrected chi connectivity index (χ2v) is 11.0. The molecule has 1 N–H and O–H groups in total. The van der Waals surface area contributed by atoms with Gasteiger partial charge in [-0.25, -0.2) is 9.97 Å². The molecule has 0 aliphatic heterocycles. The van der Waals surface area contributed by atoms with E-state index in [2.05, 4.69) is 4.98 Å². The molecule has 0 saturated carbocycles. The van der Waals surface area contributed by atoms with Gasteiger partial charge >= 0.3 is 0 Å². The van der Waals surface area contributed by atoms with E-state index in [1.807, 2.05) is 43.3 Å². The third-order valence-electron chi connectivity index (χ3n) is 5.95. The third-order valence-corrected chi connectivity index (χ3v) is 9.20. The number of hydrogen-bond donors (Lipinski definition) is 1. The Morgan fingerprint density at radius 1 is 1.09 bits per heavy atom. The summed E-state index contributed by atoms with van der Waals surface area (Å²) in [6.45, 7) is 2.48. The Hall–Kier alpha value is -2.75. The Morgan fingerprint density at radius 2 is 1.94 bits per heavy atom. The Labute approximate surface area is 201 Å². The maximum atomic E-state index is 13.2. The van der Waals surface area contributed by atoms with Crippen molar-refractivity contribution < 1.29 is 0 Å². The standard InChI is InChI=1S/C24H20N4O2S3/c1-2-28-23(30)15-11-17(13-7-4-3-5-8-13)33-21(15)27-24(28)31-12-18-25-20(29)19-14-9-6-10-16(14)32-22(19)26-18/h3-5,7-8,11H,2,6,9-10,12H2,1H3,(H,25,26,29). The number of aryl methyl sites for hydroxylation is 2. The number of benzene rings is 1. The van der Waals surface area contributed by atoms with Crippen molar-refractivity contribution in [3.05, 3.63) is 73.4 Å². The number of rotatable bonds is 5. The summed E-state index contributed by atoms with van der Waals surface area (Å²) in [6, 6.07) is 12.0. The molecular formula is C24H20N4O2S3. The van der Waals surface area contributed by atoms with Crippen LogP contribution in [0.15, 0.2) is 51.1 Å². The molecule has 33 heavy (non-hydrogen) atoms. The summed E-state index contributed by atoms with van der Waals surface area (Å²) in [5, 5.41) is 2.05. The molecule has 0 fully saturated rings. The van der Waals surface area contributed by atoms with Gasteiger partial charge in [-0.05, 0) is 43.4 Å². The van der Waals surface area contributed by atoms with Crippen LogP contribution in [0.4, 0.5) is 0 Å². The van der Waals surface area contributed by atoms with Gasteiger partial charge in [-0.2, -0.15) is 0 Å². The molecule has 1 aliphatic carbocycles. The summed E-state index contributed by atoms with van der Waals surface area (Å²) in [6.07, 6.45) is 3.12. The zero-order valence-corrected chi connectivity index (χ0v) is 20.3. The summed E-state index contributed by atoms with van der Waals surface area (Å²) in [4.78, 5) is 42.3. The molecule has 9 heteroatoms. The van der Waals surface area contributed by atoms with Crippen molar-refractivity contribution in [2.45, 2.75) is 43.6 Å². The number of thiophene rings is 2. The summed E-state index contributed by atoms with van der Waals surface area (Å²) in [5.41, 5.74) is 2.17. The molecule has 0 atom stereocenters. The minimum atomic E-state index is -0.0583. The Balaban J connectivity index is 1.35. The fourth-order valence-electron chi connectivity index (χ4n) is 4.38. The lowest BCUT2D eigenvalue weighted by atomic mass is 10.2. The summed E-state index contributed by atoms with van der Waals surface area (Å²) in [7, 11) is 0. The van der Waals surface area contributed by atoms with Gasteiger partial charge in [0, 0.05) is 16.3 Å². The van der Waals surface area contributed by atoms with Crippen LogP contribution in [0, 0.1) is 0 Å². The molecule has 1 aliphatic rings. The van der Waals surface area contributed by atoms with Gasteiger partial charge in [0.1, 0.15) is 15.5 Å². The molecule has 0 saturated heterocycles. The Bertz CT molecular complexity index is 1630. The molecule has 6 rings (SSSR count). The number of H-pyrrole nitrogens is 1. The summed E-state index contributed by atoms with van der Waals surface area (Å²) < 4.78 is 1.70. The monoisotopic (exact) mass is 492 g/mol. The Kier molecular flexibility index (Phi) is 5.20. The molecular weight excluding hydrogens is 472 g/mol. The van der Waals surface area contributed by atoms with E-state index in [0.29, 0.717) is 28.7 Å². The zero-order valence-electron chi connectivity index (χ0n) is 17.9. The van der Waals surface area contributed by atoms with Crippen LogP contribution in [0.25, 0.3) is 30.9 Å². The normalized spacial score (nSPS) is 13.2. The van der Waals surface area contributed by atoms with Gasteiger partial charge in [0.15, 0.2) is 5.16 Å². The first-order valence-electron chi connectivity index (χ1n) is 10.9. The van der Waals surface area contributed by atoms with Gasteiger partial charge in [-0.3, -0.25) is 14.2 Å². The molecule has 4 heterocycles. The number of aromatic nitrogens is 4. The van der Waals surface area contributed by atoms with E-state index < -0.39 is 0 Å². The highest BCUT2D eigenvalue weighted by molar-refractivity contribution is 7.98. The van der Waals surface area contributed by atoms with E-state index in [1.165, 1.54) is 33.5 Å². The lowest BCUT2D eigenvalue weighted by molar-refractivity contribution is 0.635. The zero-order chi connectivity index (χ0) is 22.5. The topological polar surface area (TPSA) is 80.6 Å². The molecule has 166 valence electrons. The molecule has 0 bridgehead atoms. The smallest absolute Gasteiger partial charge is 0.262 e. The van der Waals surface area contributed by atoms with Crippen molar-refractivity contribution >= 4 is 54.9 Å². The predicted molar refractivity (Wildman–Crippen MR) is 137 cm³/mol. The second-order valence-electron chi connectivity index (χ2n) is 7.98. The van der Waals surface area contributed by atoms with E-state index in [-0.39, 0.29) is 11.1 Å². The lowest BCUT2D eigenvalue weighted by Gasteiger charge is -2.09. The van der Waals surface area contributed by atoms with E-state index in [0.717, 1.165) is 44.8 Å². The van der Waals surface area contributed by atoms with Crippen molar-refractivity contribution in [2.24, 2.45) is 0 Å². The van der Waals surface area contributed by atoms with Crippen molar-refractivity contribution in [2.75, 3.05) is 0 Å². The van der Waals surface area contributed by atoms with Gasteiger partial charge < -0.3 is 4.98 Å². The van der Waals surface area contributed by atoms with Crippen molar-refractivity contribution in [3.8, 4) is 10.4 Å². The van der Waals surface area contributed by atoms with Gasteiger partial charge in [0.25, 0.3) is 11.1 Å². The number of fused-ring (bicyclic) bond motifs is 4. The van der Waals surface area contributed by atoms with Crippen LogP contribution in [-0.2, 0) is 25.1 Å². The number of nitrogens with zero attached hydrogens (tertiary/aromatic N) is 3. The van der Waals surface area contributed by atoms with Crippen LogP contribution in [0.1, 0.15) is 29.6 Å². The number of thioether (sulfide) groups is 1. The average molecular weight is 493 g/mol. The van der Waals surface area contributed by atoms with Crippen LogP contribution in [0.3, 0.4) is 0 Å². The molecule has 0 radical (unpaired) electrons. The molecule has 4 aromatic heterocycles. The Morgan fingerprint density at radius 3 is 2.76 bits per heavy atom. The summed E-state index contributed by atoms with van der Waals surface area (Å²) in [5.74, 6) is 1.06. The maximum absolute atomic E-state index is 13.2. The number of hydrogen-bond acceptors (Lipinski definition) is 7. The average Bonchev–Trinajstić information content (AvgIpc) is 3.52. The first-order valence-corrected chi connectivity index (χ1v) is 13.5. The van der Waals surface area contributed by atoms with Crippen LogP contribution in [0.5, 0.6) is 0 Å². The third kappa shape index (κ3) is 3.55. The van der Waals surface area contributed by atoms with E-state index in [1.54, 1.807) is 15.9 Å². The first kappa shape index (κ1) is 20.8. The molecule has 0 spiro atoms. The molecule has 6 nitrogen and oxygen atoms in total. The van der Waals surface area contributed by atoms with Crippen LogP contribution >= 0.6 is 34.4 Å². The highest BCUT2D eigenvalue weighted by Gasteiger charge is 2.21. The van der Waals surface area contributed by atoms with Crippen molar-refractivity contribution in [1.29, 1.82) is 0 Å². The van der Waals surface area contributed by atoms with Gasteiger partial charge in [0.05, 0.1) is 16.5 Å². The minimum absolute atomic E-state index is 0.0324. The van der Waals surface area contributed by atoms with Crippen LogP contribution in [-0.4, -0.2) is 19.5 Å². The lowest BCUT2D eigenvalue weighted by Crippen LogP contribution is -2.22. The highest BCUT2D eigenvalue weighted by Crippen LogP contribution is 2.35. The number of nitrogens with one attached hydrogen (secondary N) is 1. The minimum Gasteiger partial charge on any atom is -0.309 e. The van der Waals surface area contributed by atoms with E-state index in [9.17, 15) is 9.59 Å². The fraction of sp³-hybridized carbons (Fsp3) is 0.250. The second kappa shape index (κ2) is 8.23. The number of aromatic amines is 1. The van der Waals surface area contributed by atoms with Gasteiger partial charge in [-0.15, -0.1) is 22.7 Å². The first-order chi connectivity index (χ1) is 16.1. The van der Waals surface area contributed by atoms with Gasteiger partial charge in [0.2, 0.25) is 0 Å². The fourth-order valence-corrected chi connectivity index (χ4v) is 7.67. The SMILES string of the molecule is CCn1c(SCc2nc3sc4c(c3c(=O)[nH]2)CCC4)nc2sc(-c3ccccc3)cc2c1=O. The van der Waals surface area contributed by atoms with Crippen LogP contribution in [0.2, 0.25) is 0 Å². The van der Waals surface area contributed by atoms with Crippen molar-refractivity contribution in [1.82, 2.24) is 19.5 Å². The van der Waals surface area contributed by atoms with Crippen LogP contribution < -0.4 is 11.1 Å². The molecule has 0 amide bonds. The molecule has 1 aromatic carbocycles.